The van der Waals surface area contributed by atoms with Crippen LogP contribution >= 0.6 is 0 Å². The van der Waals surface area contributed by atoms with Crippen molar-refractivity contribution in [3.63, 3.8) is 0 Å². The summed E-state index contributed by atoms with van der Waals surface area (Å²) in [6.45, 7) is 5.02. The van der Waals surface area contributed by atoms with Gasteiger partial charge >= 0.3 is 0 Å². The van der Waals surface area contributed by atoms with Gasteiger partial charge in [0.1, 0.15) is 0 Å². The fourth-order valence-corrected chi connectivity index (χ4v) is 3.30. The van der Waals surface area contributed by atoms with Crippen LogP contribution in [0.5, 0.6) is 0 Å². The van der Waals surface area contributed by atoms with Crippen molar-refractivity contribution in [3.05, 3.63) is 70.8 Å². The van der Waals surface area contributed by atoms with E-state index in [1.54, 1.807) is 0 Å². The van der Waals surface area contributed by atoms with Crippen LogP contribution in [0.3, 0.4) is 0 Å². The Kier molecular flexibility index (Phi) is 4.94. The molecule has 0 N–H and O–H groups in total. The van der Waals surface area contributed by atoms with Gasteiger partial charge in [-0.25, -0.2) is 0 Å². The standard InChI is InChI=1S/C21H26O/c1-16-3-7-18(8-4-16)15-22-21-13-11-20(12-14-21)19-9-5-17(2)6-10-19/h3-10,20-21H,11-15H2,1-2H3. The third-order valence-corrected chi connectivity index (χ3v) is 4.83. The summed E-state index contributed by atoms with van der Waals surface area (Å²) in [5.74, 6) is 0.722. The molecule has 1 aliphatic carbocycles. The van der Waals surface area contributed by atoms with E-state index in [2.05, 4.69) is 62.4 Å². The van der Waals surface area contributed by atoms with Crippen molar-refractivity contribution < 1.29 is 4.74 Å². The van der Waals surface area contributed by atoms with E-state index in [1.807, 2.05) is 0 Å². The minimum Gasteiger partial charge on any atom is -0.374 e. The second-order valence-electron chi connectivity index (χ2n) is 6.68. The molecular formula is C21H26O. The zero-order chi connectivity index (χ0) is 15.4. The first-order chi connectivity index (χ1) is 10.7. The van der Waals surface area contributed by atoms with Gasteiger partial charge in [0.15, 0.2) is 0 Å². The van der Waals surface area contributed by atoms with Gasteiger partial charge in [-0.05, 0) is 56.6 Å². The SMILES string of the molecule is Cc1ccc(COC2CCC(c3ccc(C)cc3)CC2)cc1. The van der Waals surface area contributed by atoms with Crippen LogP contribution in [-0.2, 0) is 11.3 Å². The minimum atomic E-state index is 0.433. The topological polar surface area (TPSA) is 9.23 Å². The van der Waals surface area contributed by atoms with Crippen molar-refractivity contribution in [1.29, 1.82) is 0 Å². The van der Waals surface area contributed by atoms with E-state index in [9.17, 15) is 0 Å². The first-order valence-corrected chi connectivity index (χ1v) is 8.44. The van der Waals surface area contributed by atoms with Crippen molar-refractivity contribution in [3.8, 4) is 0 Å². The predicted molar refractivity (Wildman–Crippen MR) is 92.1 cm³/mol. The first-order valence-electron chi connectivity index (χ1n) is 8.44. The number of ether oxygens (including phenoxy) is 1. The zero-order valence-corrected chi connectivity index (χ0v) is 13.7. The molecule has 0 bridgehead atoms. The molecule has 116 valence electrons. The molecule has 2 aromatic carbocycles. The van der Waals surface area contributed by atoms with Crippen molar-refractivity contribution >= 4 is 0 Å². The molecule has 0 spiro atoms. The Balaban J connectivity index is 1.47. The van der Waals surface area contributed by atoms with Gasteiger partial charge in [0.25, 0.3) is 0 Å². The normalized spacial score (nSPS) is 21.7. The van der Waals surface area contributed by atoms with E-state index < -0.39 is 0 Å². The molecule has 1 saturated carbocycles. The lowest BCUT2D eigenvalue weighted by Crippen LogP contribution is -2.20. The van der Waals surface area contributed by atoms with Crippen LogP contribution in [0.25, 0.3) is 0 Å². The molecule has 0 unspecified atom stereocenters. The highest BCUT2D eigenvalue weighted by Gasteiger charge is 2.22. The average molecular weight is 294 g/mol. The van der Waals surface area contributed by atoms with Gasteiger partial charge in [-0.3, -0.25) is 0 Å². The molecule has 0 radical (unpaired) electrons. The largest absolute Gasteiger partial charge is 0.374 e. The smallest absolute Gasteiger partial charge is 0.0720 e. The Labute approximate surface area is 134 Å². The fourth-order valence-electron chi connectivity index (χ4n) is 3.30. The van der Waals surface area contributed by atoms with Crippen molar-refractivity contribution in [2.75, 3.05) is 0 Å². The molecule has 0 amide bonds. The Hall–Kier alpha value is -1.60. The van der Waals surface area contributed by atoms with Gasteiger partial charge in [0.05, 0.1) is 12.7 Å². The van der Waals surface area contributed by atoms with Crippen LogP contribution < -0.4 is 0 Å². The van der Waals surface area contributed by atoms with Gasteiger partial charge < -0.3 is 4.74 Å². The summed E-state index contributed by atoms with van der Waals surface area (Å²) < 4.78 is 6.11. The van der Waals surface area contributed by atoms with E-state index in [0.29, 0.717) is 6.10 Å². The molecule has 22 heavy (non-hydrogen) atoms. The second kappa shape index (κ2) is 7.11. The molecule has 0 atom stereocenters. The second-order valence-corrected chi connectivity index (χ2v) is 6.68. The van der Waals surface area contributed by atoms with Gasteiger partial charge in [-0.15, -0.1) is 0 Å². The lowest BCUT2D eigenvalue weighted by Gasteiger charge is -2.29. The van der Waals surface area contributed by atoms with Crippen molar-refractivity contribution in [1.82, 2.24) is 0 Å². The summed E-state index contributed by atoms with van der Waals surface area (Å²) in [5, 5.41) is 0. The Morgan fingerprint density at radius 3 is 1.91 bits per heavy atom. The highest BCUT2D eigenvalue weighted by Crippen LogP contribution is 2.34. The molecule has 0 aromatic heterocycles. The lowest BCUT2D eigenvalue weighted by molar-refractivity contribution is 0.0133. The zero-order valence-electron chi connectivity index (χ0n) is 13.7. The van der Waals surface area contributed by atoms with E-state index in [-0.39, 0.29) is 0 Å². The molecule has 2 aromatic rings. The van der Waals surface area contributed by atoms with Crippen LogP contribution in [0.15, 0.2) is 48.5 Å². The van der Waals surface area contributed by atoms with Crippen molar-refractivity contribution in [2.24, 2.45) is 0 Å². The van der Waals surface area contributed by atoms with E-state index in [0.717, 1.165) is 12.5 Å². The van der Waals surface area contributed by atoms with Crippen LogP contribution in [0.4, 0.5) is 0 Å². The average Bonchev–Trinajstić information content (AvgIpc) is 2.56. The van der Waals surface area contributed by atoms with Gasteiger partial charge in [0.2, 0.25) is 0 Å². The maximum Gasteiger partial charge on any atom is 0.0720 e. The minimum absolute atomic E-state index is 0.433. The van der Waals surface area contributed by atoms with Gasteiger partial charge in [-0.2, -0.15) is 0 Å². The number of aryl methyl sites for hydroxylation is 2. The van der Waals surface area contributed by atoms with E-state index in [4.69, 9.17) is 4.74 Å². The molecule has 0 saturated heterocycles. The number of benzene rings is 2. The molecule has 3 rings (SSSR count). The highest BCUT2D eigenvalue weighted by molar-refractivity contribution is 5.25. The predicted octanol–water partition coefficient (Wildman–Crippen LogP) is 5.55. The summed E-state index contributed by atoms with van der Waals surface area (Å²) in [7, 11) is 0. The molecular weight excluding hydrogens is 268 g/mol. The maximum absolute atomic E-state index is 6.11. The summed E-state index contributed by atoms with van der Waals surface area (Å²) in [4.78, 5) is 0. The van der Waals surface area contributed by atoms with E-state index in [1.165, 1.54) is 47.9 Å². The van der Waals surface area contributed by atoms with Crippen LogP contribution in [0, 0.1) is 13.8 Å². The summed E-state index contributed by atoms with van der Waals surface area (Å²) >= 11 is 0. The van der Waals surface area contributed by atoms with Crippen LogP contribution in [-0.4, -0.2) is 6.10 Å². The summed E-state index contributed by atoms with van der Waals surface area (Å²) in [5.41, 5.74) is 5.44. The molecule has 1 heteroatoms. The molecule has 1 fully saturated rings. The number of rotatable bonds is 4. The van der Waals surface area contributed by atoms with Gasteiger partial charge in [-0.1, -0.05) is 59.7 Å². The van der Waals surface area contributed by atoms with Crippen LogP contribution in [0.2, 0.25) is 0 Å². The summed E-state index contributed by atoms with van der Waals surface area (Å²) in [6, 6.07) is 17.7. The first kappa shape index (κ1) is 15.3. The third kappa shape index (κ3) is 3.98. The quantitative estimate of drug-likeness (QED) is 0.718. The van der Waals surface area contributed by atoms with E-state index >= 15 is 0 Å². The highest BCUT2D eigenvalue weighted by atomic mass is 16.5. The maximum atomic E-state index is 6.11. The Morgan fingerprint density at radius 2 is 1.32 bits per heavy atom. The fraction of sp³-hybridized carbons (Fsp3) is 0.429. The lowest BCUT2D eigenvalue weighted by atomic mass is 9.82. The monoisotopic (exact) mass is 294 g/mol. The Morgan fingerprint density at radius 1 is 0.773 bits per heavy atom. The molecule has 0 aliphatic heterocycles. The van der Waals surface area contributed by atoms with Gasteiger partial charge in [0, 0.05) is 0 Å². The molecule has 1 nitrogen and oxygen atoms in total. The summed E-state index contributed by atoms with van der Waals surface area (Å²) in [6.07, 6.45) is 5.31. The third-order valence-electron chi connectivity index (χ3n) is 4.83. The number of hydrogen-bond acceptors (Lipinski definition) is 1. The molecule has 0 heterocycles. The molecule has 1 aliphatic rings. The van der Waals surface area contributed by atoms with Crippen LogP contribution in [0.1, 0.15) is 53.9 Å². The van der Waals surface area contributed by atoms with Crippen molar-refractivity contribution in [2.45, 2.75) is 58.2 Å². The Bertz CT molecular complexity index is 574. The number of hydrogen-bond donors (Lipinski definition) is 0.